The van der Waals surface area contributed by atoms with E-state index < -0.39 is 6.10 Å². The third kappa shape index (κ3) is 3.30. The van der Waals surface area contributed by atoms with Crippen LogP contribution in [-0.2, 0) is 11.8 Å². The van der Waals surface area contributed by atoms with Crippen molar-refractivity contribution in [3.63, 3.8) is 0 Å². The van der Waals surface area contributed by atoms with Crippen LogP contribution in [0.15, 0.2) is 10.7 Å². The summed E-state index contributed by atoms with van der Waals surface area (Å²) in [6, 6.07) is 0. The van der Waals surface area contributed by atoms with Gasteiger partial charge in [0, 0.05) is 13.7 Å². The highest BCUT2D eigenvalue weighted by Gasteiger charge is 2.35. The molecule has 0 bridgehead atoms. The van der Waals surface area contributed by atoms with Crippen LogP contribution in [0.3, 0.4) is 0 Å². The zero-order valence-corrected chi connectivity index (χ0v) is 12.7. The van der Waals surface area contributed by atoms with Gasteiger partial charge in [-0.2, -0.15) is 5.10 Å². The Hall–Kier alpha value is -0.390. The molecule has 0 radical (unpaired) electrons. The average molecular weight is 305 g/mol. The van der Waals surface area contributed by atoms with E-state index in [4.69, 9.17) is 4.74 Å². The van der Waals surface area contributed by atoms with Gasteiger partial charge in [0.2, 0.25) is 0 Å². The van der Waals surface area contributed by atoms with Crippen molar-refractivity contribution >= 4 is 15.9 Å². The highest BCUT2D eigenvalue weighted by molar-refractivity contribution is 9.10. The summed E-state index contributed by atoms with van der Waals surface area (Å²) < 4.78 is 8.17. The molecule has 2 atom stereocenters. The van der Waals surface area contributed by atoms with Gasteiger partial charge in [-0.25, -0.2) is 0 Å². The van der Waals surface area contributed by atoms with Crippen LogP contribution in [0.2, 0.25) is 0 Å². The fraction of sp³-hybridized carbons (Fsp3) is 0.750. The fourth-order valence-electron chi connectivity index (χ4n) is 1.89. The first-order valence-corrected chi connectivity index (χ1v) is 6.55. The molecule has 0 saturated heterocycles. The molecule has 98 valence electrons. The molecule has 1 rings (SSSR count). The number of aromatic nitrogens is 2. The summed E-state index contributed by atoms with van der Waals surface area (Å²) >= 11 is 3.40. The summed E-state index contributed by atoms with van der Waals surface area (Å²) in [7, 11) is 1.81. The molecular weight excluding hydrogens is 284 g/mol. The van der Waals surface area contributed by atoms with Crippen LogP contribution in [0.5, 0.6) is 0 Å². The molecule has 1 heterocycles. The topological polar surface area (TPSA) is 47.3 Å². The number of ether oxygens (including phenoxy) is 1. The van der Waals surface area contributed by atoms with Crippen molar-refractivity contribution < 1.29 is 9.84 Å². The molecule has 0 aliphatic heterocycles. The van der Waals surface area contributed by atoms with Gasteiger partial charge in [0.25, 0.3) is 0 Å². The minimum Gasteiger partial charge on any atom is -0.384 e. The minimum absolute atomic E-state index is 0.140. The third-order valence-electron chi connectivity index (χ3n) is 2.70. The monoisotopic (exact) mass is 304 g/mol. The van der Waals surface area contributed by atoms with Gasteiger partial charge in [0.1, 0.15) is 6.10 Å². The SMILES string of the molecule is CCOC(C(O)c1c(Br)cnn1C)C(C)(C)C. The van der Waals surface area contributed by atoms with Crippen LogP contribution in [0.1, 0.15) is 39.5 Å². The number of rotatable bonds is 4. The highest BCUT2D eigenvalue weighted by Crippen LogP contribution is 2.35. The van der Waals surface area contributed by atoms with Crippen LogP contribution >= 0.6 is 15.9 Å². The van der Waals surface area contributed by atoms with Gasteiger partial charge in [0.05, 0.1) is 22.5 Å². The maximum absolute atomic E-state index is 10.5. The molecule has 1 aromatic rings. The van der Waals surface area contributed by atoms with E-state index in [9.17, 15) is 5.11 Å². The molecule has 0 amide bonds. The van der Waals surface area contributed by atoms with E-state index in [0.29, 0.717) is 6.61 Å². The zero-order chi connectivity index (χ0) is 13.2. The second-order valence-corrected chi connectivity index (χ2v) is 6.04. The molecule has 0 saturated carbocycles. The van der Waals surface area contributed by atoms with Gasteiger partial charge in [0.15, 0.2) is 0 Å². The molecule has 17 heavy (non-hydrogen) atoms. The Labute approximate surface area is 111 Å². The molecule has 0 aliphatic carbocycles. The molecule has 0 spiro atoms. The first-order valence-electron chi connectivity index (χ1n) is 5.76. The Morgan fingerprint density at radius 1 is 1.53 bits per heavy atom. The largest absolute Gasteiger partial charge is 0.384 e. The van der Waals surface area contributed by atoms with Crippen molar-refractivity contribution in [1.29, 1.82) is 0 Å². The predicted molar refractivity (Wildman–Crippen MR) is 70.7 cm³/mol. The smallest absolute Gasteiger partial charge is 0.123 e. The van der Waals surface area contributed by atoms with Crippen molar-refractivity contribution in [2.45, 2.75) is 39.9 Å². The minimum atomic E-state index is -0.697. The van der Waals surface area contributed by atoms with Crippen molar-refractivity contribution in [3.05, 3.63) is 16.4 Å². The van der Waals surface area contributed by atoms with Crippen molar-refractivity contribution in [2.75, 3.05) is 6.61 Å². The van der Waals surface area contributed by atoms with Gasteiger partial charge in [-0.05, 0) is 28.3 Å². The Balaban J connectivity index is 3.04. The normalized spacial score (nSPS) is 15.9. The molecule has 5 heteroatoms. The quantitative estimate of drug-likeness (QED) is 0.930. The third-order valence-corrected chi connectivity index (χ3v) is 3.32. The maximum atomic E-state index is 10.5. The molecule has 0 aromatic carbocycles. The number of aryl methyl sites for hydroxylation is 1. The number of aliphatic hydroxyl groups excluding tert-OH is 1. The summed E-state index contributed by atoms with van der Waals surface area (Å²) in [5, 5.41) is 14.6. The standard InChI is InChI=1S/C12H21BrN2O2/c1-6-17-11(12(2,3)4)10(16)9-8(13)7-14-15(9)5/h7,10-11,16H,6H2,1-5H3. The second kappa shape index (κ2) is 5.50. The zero-order valence-electron chi connectivity index (χ0n) is 11.1. The molecule has 0 aliphatic rings. The first-order chi connectivity index (χ1) is 7.79. The van der Waals surface area contributed by atoms with Crippen LogP contribution < -0.4 is 0 Å². The summed E-state index contributed by atoms with van der Waals surface area (Å²) in [5.74, 6) is 0. The van der Waals surface area contributed by atoms with E-state index in [0.717, 1.165) is 10.2 Å². The number of hydrogen-bond donors (Lipinski definition) is 1. The maximum Gasteiger partial charge on any atom is 0.123 e. The van der Waals surface area contributed by atoms with E-state index in [1.807, 2.05) is 14.0 Å². The van der Waals surface area contributed by atoms with Crippen molar-refractivity contribution in [3.8, 4) is 0 Å². The van der Waals surface area contributed by atoms with Crippen LogP contribution in [0, 0.1) is 5.41 Å². The van der Waals surface area contributed by atoms with E-state index in [1.54, 1.807) is 10.9 Å². The number of nitrogens with zero attached hydrogens (tertiary/aromatic N) is 2. The van der Waals surface area contributed by atoms with Crippen LogP contribution in [0.4, 0.5) is 0 Å². The molecule has 2 unspecified atom stereocenters. The number of hydrogen-bond acceptors (Lipinski definition) is 3. The average Bonchev–Trinajstić information content (AvgIpc) is 2.52. The van der Waals surface area contributed by atoms with Gasteiger partial charge in [-0.15, -0.1) is 0 Å². The summed E-state index contributed by atoms with van der Waals surface area (Å²) in [5.41, 5.74) is 0.609. The second-order valence-electron chi connectivity index (χ2n) is 5.19. The van der Waals surface area contributed by atoms with Gasteiger partial charge in [-0.1, -0.05) is 20.8 Å². The van der Waals surface area contributed by atoms with Crippen molar-refractivity contribution in [1.82, 2.24) is 9.78 Å². The van der Waals surface area contributed by atoms with Gasteiger partial charge >= 0.3 is 0 Å². The van der Waals surface area contributed by atoms with Crippen LogP contribution in [-0.4, -0.2) is 27.6 Å². The Morgan fingerprint density at radius 2 is 2.12 bits per heavy atom. The lowest BCUT2D eigenvalue weighted by Crippen LogP contribution is -2.36. The summed E-state index contributed by atoms with van der Waals surface area (Å²) in [6.07, 6.45) is 0.723. The summed E-state index contributed by atoms with van der Waals surface area (Å²) in [6.45, 7) is 8.68. The van der Waals surface area contributed by atoms with E-state index in [1.165, 1.54) is 0 Å². The predicted octanol–water partition coefficient (Wildman–Crippen LogP) is 2.67. The van der Waals surface area contributed by atoms with E-state index in [-0.39, 0.29) is 11.5 Å². The molecule has 0 fully saturated rings. The first kappa shape index (κ1) is 14.7. The Morgan fingerprint density at radius 3 is 2.47 bits per heavy atom. The summed E-state index contributed by atoms with van der Waals surface area (Å²) in [4.78, 5) is 0. The van der Waals surface area contributed by atoms with Crippen molar-refractivity contribution in [2.24, 2.45) is 12.5 Å². The van der Waals surface area contributed by atoms with Gasteiger partial charge < -0.3 is 9.84 Å². The molecule has 4 nitrogen and oxygen atoms in total. The van der Waals surface area contributed by atoms with E-state index >= 15 is 0 Å². The van der Waals surface area contributed by atoms with E-state index in [2.05, 4.69) is 41.8 Å². The Bertz CT molecular complexity index is 352. The lowest BCUT2D eigenvalue weighted by Gasteiger charge is -2.34. The molecular formula is C12H21BrN2O2. The number of halogens is 1. The molecule has 1 N–H and O–H groups in total. The lowest BCUT2D eigenvalue weighted by atomic mass is 9.84. The fourth-order valence-corrected chi connectivity index (χ4v) is 2.47. The lowest BCUT2D eigenvalue weighted by molar-refractivity contribution is -0.0925. The highest BCUT2D eigenvalue weighted by atomic mass is 79.9. The molecule has 1 aromatic heterocycles. The number of aliphatic hydroxyl groups is 1. The van der Waals surface area contributed by atoms with Crippen LogP contribution in [0.25, 0.3) is 0 Å². The Kier molecular flexibility index (Phi) is 4.75. The van der Waals surface area contributed by atoms with Gasteiger partial charge in [-0.3, -0.25) is 4.68 Å².